The largest absolute Gasteiger partial charge is 0.396 e. The molecule has 0 aromatic heterocycles. The molecule has 150 valence electrons. The average molecular weight is 417 g/mol. The summed E-state index contributed by atoms with van der Waals surface area (Å²) in [5.41, 5.74) is 2.72. The van der Waals surface area contributed by atoms with E-state index in [2.05, 4.69) is 46.2 Å². The van der Waals surface area contributed by atoms with Crippen LogP contribution in [-0.4, -0.2) is 64.7 Å². The molecule has 2 atom stereocenters. The molecule has 0 aliphatic carbocycles. The van der Waals surface area contributed by atoms with E-state index in [1.807, 2.05) is 17.8 Å². The van der Waals surface area contributed by atoms with E-state index in [9.17, 15) is 4.21 Å². The second-order valence-electron chi connectivity index (χ2n) is 7.54. The highest BCUT2D eigenvalue weighted by Crippen LogP contribution is 2.43. The summed E-state index contributed by atoms with van der Waals surface area (Å²) >= 11 is 1.84. The minimum atomic E-state index is -0.972. The fraction of sp³-hybridized carbons (Fsp3) is 0.455. The van der Waals surface area contributed by atoms with Crippen molar-refractivity contribution >= 4 is 22.6 Å². The van der Waals surface area contributed by atoms with Crippen LogP contribution in [0.25, 0.3) is 0 Å². The molecule has 0 spiro atoms. The molecular formula is C22H28N2O2S2. The molecule has 1 fully saturated rings. The van der Waals surface area contributed by atoms with E-state index in [1.54, 1.807) is 6.26 Å². The third-order valence-electron chi connectivity index (χ3n) is 5.76. The van der Waals surface area contributed by atoms with Crippen molar-refractivity contribution in [1.82, 2.24) is 9.80 Å². The van der Waals surface area contributed by atoms with E-state index < -0.39 is 10.8 Å². The number of fused-ring (bicyclic) bond motifs is 2. The van der Waals surface area contributed by atoms with Crippen molar-refractivity contribution < 1.29 is 9.32 Å². The van der Waals surface area contributed by atoms with Crippen LogP contribution in [0.2, 0.25) is 0 Å². The van der Waals surface area contributed by atoms with Crippen molar-refractivity contribution in [3.05, 3.63) is 53.6 Å². The molecular weight excluding hydrogens is 388 g/mol. The van der Waals surface area contributed by atoms with Gasteiger partial charge < -0.3 is 10.0 Å². The molecule has 2 heterocycles. The zero-order chi connectivity index (χ0) is 19.5. The predicted octanol–water partition coefficient (Wildman–Crippen LogP) is 3.17. The van der Waals surface area contributed by atoms with Crippen molar-refractivity contribution in [2.75, 3.05) is 45.6 Å². The smallest absolute Gasteiger partial charge is 0.0498 e. The van der Waals surface area contributed by atoms with Crippen molar-refractivity contribution in [1.29, 1.82) is 0 Å². The summed E-state index contributed by atoms with van der Waals surface area (Å²) in [6.45, 7) is 5.38. The maximum atomic E-state index is 12.1. The van der Waals surface area contributed by atoms with Crippen molar-refractivity contribution in [2.24, 2.45) is 0 Å². The summed E-state index contributed by atoms with van der Waals surface area (Å²) < 4.78 is 12.1. The number of aliphatic hydroxyl groups is 1. The van der Waals surface area contributed by atoms with E-state index in [0.29, 0.717) is 6.04 Å². The van der Waals surface area contributed by atoms with Gasteiger partial charge in [0.05, 0.1) is 0 Å². The van der Waals surface area contributed by atoms with Gasteiger partial charge in [0.15, 0.2) is 0 Å². The second-order valence-corrected chi connectivity index (χ2v) is 10.0. The van der Waals surface area contributed by atoms with Crippen LogP contribution >= 0.6 is 11.8 Å². The molecule has 2 unspecified atom stereocenters. The SMILES string of the molecule is CS(=O)c1ccc2c(c1)C(N1CCN(CCCO)CC1)Cc1ccccc1S2. The fourth-order valence-electron chi connectivity index (χ4n) is 4.19. The molecule has 4 rings (SSSR count). The van der Waals surface area contributed by atoms with E-state index in [0.717, 1.165) is 50.5 Å². The number of aliphatic hydroxyl groups excluding tert-OH is 1. The summed E-state index contributed by atoms with van der Waals surface area (Å²) in [6, 6.07) is 15.4. The third kappa shape index (κ3) is 4.36. The zero-order valence-corrected chi connectivity index (χ0v) is 18.0. The Morgan fingerprint density at radius 1 is 1.11 bits per heavy atom. The van der Waals surface area contributed by atoms with E-state index in [4.69, 9.17) is 5.11 Å². The molecule has 2 aromatic carbocycles. The molecule has 6 heteroatoms. The number of rotatable bonds is 5. The van der Waals surface area contributed by atoms with Crippen LogP contribution in [0.5, 0.6) is 0 Å². The minimum Gasteiger partial charge on any atom is -0.396 e. The Morgan fingerprint density at radius 3 is 2.64 bits per heavy atom. The Kier molecular flexibility index (Phi) is 6.53. The van der Waals surface area contributed by atoms with Crippen LogP contribution in [-0.2, 0) is 17.2 Å². The van der Waals surface area contributed by atoms with Crippen molar-refractivity contribution in [3.63, 3.8) is 0 Å². The van der Waals surface area contributed by atoms with Gasteiger partial charge in [-0.15, -0.1) is 0 Å². The molecule has 2 aliphatic heterocycles. The van der Waals surface area contributed by atoms with Gasteiger partial charge in [0.25, 0.3) is 0 Å². The number of piperazine rings is 1. The van der Waals surface area contributed by atoms with Gasteiger partial charge >= 0.3 is 0 Å². The summed E-state index contributed by atoms with van der Waals surface area (Å²) in [5.74, 6) is 0. The third-order valence-corrected chi connectivity index (χ3v) is 7.89. The first-order valence-corrected chi connectivity index (χ1v) is 12.3. The number of nitrogens with zero attached hydrogens (tertiary/aromatic N) is 2. The van der Waals surface area contributed by atoms with Gasteiger partial charge in [-0.25, -0.2) is 0 Å². The highest BCUT2D eigenvalue weighted by atomic mass is 32.2. The number of hydrogen-bond acceptors (Lipinski definition) is 5. The molecule has 28 heavy (non-hydrogen) atoms. The van der Waals surface area contributed by atoms with Crippen LogP contribution in [0.4, 0.5) is 0 Å². The van der Waals surface area contributed by atoms with Gasteiger partial charge in [-0.2, -0.15) is 0 Å². The summed E-state index contributed by atoms with van der Waals surface area (Å²) in [4.78, 5) is 8.58. The Bertz CT molecular complexity index is 850. The first-order chi connectivity index (χ1) is 13.7. The zero-order valence-electron chi connectivity index (χ0n) is 16.3. The van der Waals surface area contributed by atoms with Crippen LogP contribution in [0.1, 0.15) is 23.6 Å². The van der Waals surface area contributed by atoms with Gasteiger partial charge in [0, 0.05) is 77.1 Å². The van der Waals surface area contributed by atoms with Crippen LogP contribution in [0.3, 0.4) is 0 Å². The van der Waals surface area contributed by atoms with Crippen molar-refractivity contribution in [3.8, 4) is 0 Å². The lowest BCUT2D eigenvalue weighted by atomic mass is 9.96. The fourth-order valence-corrected chi connectivity index (χ4v) is 5.85. The quantitative estimate of drug-likeness (QED) is 0.811. The van der Waals surface area contributed by atoms with Crippen LogP contribution in [0, 0.1) is 0 Å². The lowest BCUT2D eigenvalue weighted by Crippen LogP contribution is -2.48. The molecule has 0 amide bonds. The lowest BCUT2D eigenvalue weighted by Gasteiger charge is -2.39. The van der Waals surface area contributed by atoms with Gasteiger partial charge in [0.2, 0.25) is 0 Å². The van der Waals surface area contributed by atoms with E-state index in [-0.39, 0.29) is 6.61 Å². The number of hydrogen-bond donors (Lipinski definition) is 1. The molecule has 4 nitrogen and oxygen atoms in total. The van der Waals surface area contributed by atoms with E-state index in [1.165, 1.54) is 20.9 Å². The average Bonchev–Trinajstić information content (AvgIpc) is 2.88. The maximum absolute atomic E-state index is 12.1. The highest BCUT2D eigenvalue weighted by Gasteiger charge is 2.30. The Labute approximate surface area is 174 Å². The second kappa shape index (κ2) is 9.09. The molecule has 0 saturated carbocycles. The van der Waals surface area contributed by atoms with Gasteiger partial charge in [-0.1, -0.05) is 30.0 Å². The van der Waals surface area contributed by atoms with Crippen LogP contribution in [0.15, 0.2) is 57.2 Å². The normalized spacial score (nSPS) is 21.6. The lowest BCUT2D eigenvalue weighted by molar-refractivity contribution is 0.0898. The van der Waals surface area contributed by atoms with Gasteiger partial charge in [0.1, 0.15) is 0 Å². The van der Waals surface area contributed by atoms with Crippen LogP contribution < -0.4 is 0 Å². The predicted molar refractivity (Wildman–Crippen MR) is 116 cm³/mol. The Morgan fingerprint density at radius 2 is 1.89 bits per heavy atom. The van der Waals surface area contributed by atoms with Gasteiger partial charge in [-0.05, 0) is 48.2 Å². The highest BCUT2D eigenvalue weighted by molar-refractivity contribution is 7.99. The molecule has 2 aromatic rings. The van der Waals surface area contributed by atoms with Crippen molar-refractivity contribution in [2.45, 2.75) is 33.6 Å². The molecule has 0 bridgehead atoms. The monoisotopic (exact) mass is 416 g/mol. The Hall–Kier alpha value is -1.18. The van der Waals surface area contributed by atoms with Gasteiger partial charge in [-0.3, -0.25) is 9.11 Å². The minimum absolute atomic E-state index is 0.265. The molecule has 1 saturated heterocycles. The topological polar surface area (TPSA) is 43.8 Å². The maximum Gasteiger partial charge on any atom is 0.0498 e. The summed E-state index contributed by atoms with van der Waals surface area (Å²) in [7, 11) is -0.972. The molecule has 0 radical (unpaired) electrons. The number of benzene rings is 2. The Balaban J connectivity index is 1.64. The summed E-state index contributed by atoms with van der Waals surface area (Å²) in [5, 5.41) is 9.09. The summed E-state index contributed by atoms with van der Waals surface area (Å²) in [6.07, 6.45) is 3.60. The standard InChI is InChI=1S/C22H28N2O2S2/c1-28(26)18-7-8-22-19(16-18)20(15-17-5-2-3-6-21(17)27-22)24-12-10-23(11-13-24)9-4-14-25/h2-3,5-8,16,20,25H,4,9-15H2,1H3. The van der Waals surface area contributed by atoms with E-state index >= 15 is 0 Å². The molecule has 1 N–H and O–H groups in total. The first-order valence-electron chi connectivity index (χ1n) is 9.96. The first kappa shape index (κ1) is 20.1. The molecule has 2 aliphatic rings.